The molecule has 0 unspecified atom stereocenters. The maximum Gasteiger partial charge on any atom is 0.240 e. The normalized spacial score (nSPS) is 11.6. The Bertz CT molecular complexity index is 579. The van der Waals surface area contributed by atoms with Crippen molar-refractivity contribution in [3.8, 4) is 0 Å². The minimum atomic E-state index is -3.45. The molecule has 1 aromatic carbocycles. The quantitative estimate of drug-likeness (QED) is 0.809. The zero-order valence-corrected chi connectivity index (χ0v) is 11.7. The average molecular weight is 363 g/mol. The summed E-state index contributed by atoms with van der Waals surface area (Å²) in [5, 5.41) is 6.44. The summed E-state index contributed by atoms with van der Waals surface area (Å²) in [7, 11) is -3.45. The van der Waals surface area contributed by atoms with Crippen LogP contribution < -0.4 is 4.72 Å². The van der Waals surface area contributed by atoms with E-state index in [2.05, 4.69) is 37.5 Å². The number of hydrogen-bond donors (Lipinski definition) is 2. The first-order valence-electron chi connectivity index (χ1n) is 4.81. The lowest BCUT2D eigenvalue weighted by Gasteiger charge is -2.05. The fourth-order valence-corrected chi connectivity index (χ4v) is 2.62. The molecule has 17 heavy (non-hydrogen) atoms. The molecule has 0 saturated heterocycles. The van der Waals surface area contributed by atoms with Crippen LogP contribution in [0.1, 0.15) is 5.69 Å². The van der Waals surface area contributed by atoms with E-state index in [0.29, 0.717) is 0 Å². The molecule has 0 aliphatic rings. The van der Waals surface area contributed by atoms with Gasteiger partial charge in [0.25, 0.3) is 0 Å². The van der Waals surface area contributed by atoms with Crippen molar-refractivity contribution in [3.63, 3.8) is 0 Å². The van der Waals surface area contributed by atoms with Gasteiger partial charge in [-0.25, -0.2) is 13.1 Å². The van der Waals surface area contributed by atoms with Gasteiger partial charge in [0.15, 0.2) is 0 Å². The van der Waals surface area contributed by atoms with Gasteiger partial charge in [-0.2, -0.15) is 5.10 Å². The molecule has 2 aromatic rings. The molecule has 0 fully saturated rings. The molecule has 0 radical (unpaired) electrons. The highest BCUT2D eigenvalue weighted by Crippen LogP contribution is 2.12. The van der Waals surface area contributed by atoms with Crippen molar-refractivity contribution >= 4 is 32.6 Å². The zero-order valence-electron chi connectivity index (χ0n) is 8.72. The number of H-pyrrole nitrogens is 1. The standard InChI is InChI=1S/C10H10IN3O2S/c11-8-1-3-10(4-2-8)17(15,16)13-7-9-5-6-12-14-9/h1-6,13H,7H2,(H,12,14). The summed E-state index contributed by atoms with van der Waals surface area (Å²) in [6, 6.07) is 8.39. The second-order valence-corrected chi connectivity index (χ2v) is 6.37. The van der Waals surface area contributed by atoms with Gasteiger partial charge in [-0.1, -0.05) is 0 Å². The molecule has 0 aliphatic heterocycles. The molecule has 0 spiro atoms. The summed E-state index contributed by atoms with van der Waals surface area (Å²) in [5.74, 6) is 0. The number of sulfonamides is 1. The fraction of sp³-hybridized carbons (Fsp3) is 0.100. The van der Waals surface area contributed by atoms with Crippen molar-refractivity contribution < 1.29 is 8.42 Å². The molecule has 90 valence electrons. The summed E-state index contributed by atoms with van der Waals surface area (Å²) in [6.45, 7) is 0.203. The Morgan fingerprint density at radius 3 is 2.53 bits per heavy atom. The zero-order chi connectivity index (χ0) is 12.3. The number of benzene rings is 1. The van der Waals surface area contributed by atoms with Gasteiger partial charge in [0.2, 0.25) is 10.0 Å². The third kappa shape index (κ3) is 3.27. The van der Waals surface area contributed by atoms with Crippen LogP contribution in [0, 0.1) is 3.57 Å². The maximum absolute atomic E-state index is 11.9. The van der Waals surface area contributed by atoms with Crippen molar-refractivity contribution in [2.45, 2.75) is 11.4 Å². The molecular formula is C10H10IN3O2S. The molecule has 0 aliphatic carbocycles. The predicted octanol–water partition coefficient (Wildman–Crippen LogP) is 1.49. The van der Waals surface area contributed by atoms with E-state index in [4.69, 9.17) is 0 Å². The molecule has 7 heteroatoms. The van der Waals surface area contributed by atoms with Crippen molar-refractivity contribution in [3.05, 3.63) is 45.8 Å². The number of nitrogens with zero attached hydrogens (tertiary/aromatic N) is 1. The molecule has 1 aromatic heterocycles. The van der Waals surface area contributed by atoms with Gasteiger partial charge >= 0.3 is 0 Å². The highest BCUT2D eigenvalue weighted by molar-refractivity contribution is 14.1. The first-order chi connectivity index (χ1) is 8.08. The summed E-state index contributed by atoms with van der Waals surface area (Å²) >= 11 is 2.13. The first-order valence-corrected chi connectivity index (χ1v) is 7.37. The minimum absolute atomic E-state index is 0.203. The summed E-state index contributed by atoms with van der Waals surface area (Å²) < 4.78 is 27.3. The Morgan fingerprint density at radius 1 is 1.24 bits per heavy atom. The second-order valence-electron chi connectivity index (χ2n) is 3.36. The molecule has 1 heterocycles. The van der Waals surface area contributed by atoms with E-state index >= 15 is 0 Å². The lowest BCUT2D eigenvalue weighted by molar-refractivity contribution is 0.580. The summed E-state index contributed by atoms with van der Waals surface area (Å²) in [4.78, 5) is 0.262. The first kappa shape index (κ1) is 12.5. The predicted molar refractivity (Wildman–Crippen MR) is 71.8 cm³/mol. The van der Waals surface area contributed by atoms with Crippen LogP contribution in [0.5, 0.6) is 0 Å². The van der Waals surface area contributed by atoms with Gasteiger partial charge in [0.1, 0.15) is 0 Å². The summed E-state index contributed by atoms with van der Waals surface area (Å²) in [6.07, 6.45) is 1.58. The SMILES string of the molecule is O=S(=O)(NCc1ccn[nH]1)c1ccc(I)cc1. The van der Waals surface area contributed by atoms with Crippen molar-refractivity contribution in [1.82, 2.24) is 14.9 Å². The van der Waals surface area contributed by atoms with E-state index in [1.54, 1.807) is 36.5 Å². The Hall–Kier alpha value is -0.930. The van der Waals surface area contributed by atoms with Gasteiger partial charge < -0.3 is 0 Å². The van der Waals surface area contributed by atoms with Crippen LogP contribution in [0.4, 0.5) is 0 Å². The largest absolute Gasteiger partial charge is 0.281 e. The van der Waals surface area contributed by atoms with Crippen molar-refractivity contribution in [2.24, 2.45) is 0 Å². The molecule has 0 amide bonds. The van der Waals surface area contributed by atoms with Gasteiger partial charge in [0.05, 0.1) is 17.1 Å². The lowest BCUT2D eigenvalue weighted by atomic mass is 10.4. The third-order valence-electron chi connectivity index (χ3n) is 2.13. The molecule has 2 N–H and O–H groups in total. The van der Waals surface area contributed by atoms with Gasteiger partial charge in [-0.3, -0.25) is 5.10 Å². The van der Waals surface area contributed by atoms with Crippen LogP contribution in [0.15, 0.2) is 41.4 Å². The molecule has 0 atom stereocenters. The van der Waals surface area contributed by atoms with E-state index in [1.807, 2.05) is 0 Å². The second kappa shape index (κ2) is 5.15. The van der Waals surface area contributed by atoms with Crippen LogP contribution in [-0.2, 0) is 16.6 Å². The molecule has 2 rings (SSSR count). The maximum atomic E-state index is 11.9. The monoisotopic (exact) mass is 363 g/mol. The highest BCUT2D eigenvalue weighted by Gasteiger charge is 2.13. The topological polar surface area (TPSA) is 74.8 Å². The number of nitrogens with one attached hydrogen (secondary N) is 2. The average Bonchev–Trinajstić information content (AvgIpc) is 2.80. The van der Waals surface area contributed by atoms with Crippen molar-refractivity contribution in [2.75, 3.05) is 0 Å². The Labute approximate surface area is 113 Å². The minimum Gasteiger partial charge on any atom is -0.281 e. The van der Waals surface area contributed by atoms with E-state index in [0.717, 1.165) is 9.26 Å². The fourth-order valence-electron chi connectivity index (χ4n) is 1.25. The molecule has 0 bridgehead atoms. The molecule has 5 nitrogen and oxygen atoms in total. The lowest BCUT2D eigenvalue weighted by Crippen LogP contribution is -2.23. The number of aromatic nitrogens is 2. The van der Waals surface area contributed by atoms with E-state index < -0.39 is 10.0 Å². The van der Waals surface area contributed by atoms with E-state index in [9.17, 15) is 8.42 Å². The smallest absolute Gasteiger partial charge is 0.240 e. The van der Waals surface area contributed by atoms with E-state index in [-0.39, 0.29) is 11.4 Å². The van der Waals surface area contributed by atoms with Crippen LogP contribution in [0.25, 0.3) is 0 Å². The van der Waals surface area contributed by atoms with Crippen LogP contribution >= 0.6 is 22.6 Å². The number of hydrogen-bond acceptors (Lipinski definition) is 3. The highest BCUT2D eigenvalue weighted by atomic mass is 127. The van der Waals surface area contributed by atoms with Crippen molar-refractivity contribution in [1.29, 1.82) is 0 Å². The van der Waals surface area contributed by atoms with Gasteiger partial charge in [-0.15, -0.1) is 0 Å². The molecule has 0 saturated carbocycles. The Morgan fingerprint density at radius 2 is 1.94 bits per heavy atom. The van der Waals surface area contributed by atoms with E-state index in [1.165, 1.54) is 0 Å². The number of rotatable bonds is 4. The number of aromatic amines is 1. The Balaban J connectivity index is 2.11. The van der Waals surface area contributed by atoms with Gasteiger partial charge in [0, 0.05) is 9.77 Å². The third-order valence-corrected chi connectivity index (χ3v) is 4.27. The summed E-state index contributed by atoms with van der Waals surface area (Å²) in [5.41, 5.74) is 0.721. The van der Waals surface area contributed by atoms with Crippen LogP contribution in [-0.4, -0.2) is 18.6 Å². The number of halogens is 1. The molecular weight excluding hydrogens is 353 g/mol. The van der Waals surface area contributed by atoms with Crippen LogP contribution in [0.2, 0.25) is 0 Å². The Kier molecular flexibility index (Phi) is 3.79. The van der Waals surface area contributed by atoms with Crippen LogP contribution in [0.3, 0.4) is 0 Å². The van der Waals surface area contributed by atoms with Gasteiger partial charge in [-0.05, 0) is 52.9 Å².